The fourth-order valence-electron chi connectivity index (χ4n) is 1.91. The van der Waals surface area contributed by atoms with Crippen LogP contribution in [0.1, 0.15) is 24.1 Å². The van der Waals surface area contributed by atoms with Crippen molar-refractivity contribution < 1.29 is 0 Å². The number of allylic oxidation sites excluding steroid dienone is 1. The minimum absolute atomic E-state index is 0.765. The molecule has 0 spiro atoms. The standard InChI is InChI=1S/C13H15N3/c1-10-2-3-13(16-9-10)12(8-14)11-4-6-15-7-5-11/h2-3,9,15H,4-7H2,1H3. The number of pyridine rings is 1. The minimum Gasteiger partial charge on any atom is -0.316 e. The Kier molecular flexibility index (Phi) is 3.33. The second-order valence-electron chi connectivity index (χ2n) is 4.06. The molecule has 3 nitrogen and oxygen atoms in total. The van der Waals surface area contributed by atoms with Gasteiger partial charge in [0.15, 0.2) is 0 Å². The number of nitrogens with zero attached hydrogens (tertiary/aromatic N) is 2. The van der Waals surface area contributed by atoms with E-state index in [1.165, 1.54) is 5.57 Å². The molecule has 0 atom stereocenters. The van der Waals surface area contributed by atoms with E-state index in [1.807, 2.05) is 25.3 Å². The van der Waals surface area contributed by atoms with E-state index in [-0.39, 0.29) is 0 Å². The van der Waals surface area contributed by atoms with Gasteiger partial charge in [0.2, 0.25) is 0 Å². The molecule has 0 bridgehead atoms. The zero-order chi connectivity index (χ0) is 11.4. The summed E-state index contributed by atoms with van der Waals surface area (Å²) in [6.07, 6.45) is 3.73. The first-order valence-electron chi connectivity index (χ1n) is 5.57. The average Bonchev–Trinajstić information content (AvgIpc) is 2.34. The molecule has 16 heavy (non-hydrogen) atoms. The van der Waals surface area contributed by atoms with Crippen LogP contribution in [0.3, 0.4) is 0 Å². The van der Waals surface area contributed by atoms with Crippen LogP contribution < -0.4 is 5.32 Å². The van der Waals surface area contributed by atoms with Gasteiger partial charge in [0.25, 0.3) is 0 Å². The van der Waals surface area contributed by atoms with Gasteiger partial charge in [-0.15, -0.1) is 0 Å². The lowest BCUT2D eigenvalue weighted by atomic mass is 9.97. The van der Waals surface area contributed by atoms with Crippen molar-refractivity contribution in [2.75, 3.05) is 13.1 Å². The lowest BCUT2D eigenvalue weighted by molar-refractivity contribution is 0.612. The minimum atomic E-state index is 0.765. The summed E-state index contributed by atoms with van der Waals surface area (Å²) < 4.78 is 0. The smallest absolute Gasteiger partial charge is 0.101 e. The molecule has 3 heteroatoms. The second-order valence-corrected chi connectivity index (χ2v) is 4.06. The van der Waals surface area contributed by atoms with Gasteiger partial charge in [-0.05, 0) is 50.1 Å². The Balaban J connectivity index is 2.35. The van der Waals surface area contributed by atoms with Gasteiger partial charge in [0.1, 0.15) is 6.07 Å². The van der Waals surface area contributed by atoms with Crippen LogP contribution in [0.25, 0.3) is 5.57 Å². The first-order chi connectivity index (χ1) is 7.81. The predicted molar refractivity (Wildman–Crippen MR) is 63.6 cm³/mol. The van der Waals surface area contributed by atoms with Crippen LogP contribution in [0.5, 0.6) is 0 Å². The maximum Gasteiger partial charge on any atom is 0.101 e. The van der Waals surface area contributed by atoms with Crippen molar-refractivity contribution in [3.63, 3.8) is 0 Å². The molecule has 1 aromatic rings. The number of nitriles is 1. The predicted octanol–water partition coefficient (Wildman–Crippen LogP) is 2.05. The van der Waals surface area contributed by atoms with Crippen molar-refractivity contribution in [1.29, 1.82) is 5.26 Å². The highest BCUT2D eigenvalue weighted by Gasteiger charge is 2.12. The zero-order valence-corrected chi connectivity index (χ0v) is 9.45. The van der Waals surface area contributed by atoms with Gasteiger partial charge < -0.3 is 5.32 Å². The van der Waals surface area contributed by atoms with Crippen LogP contribution in [0, 0.1) is 18.3 Å². The summed E-state index contributed by atoms with van der Waals surface area (Å²) in [4.78, 5) is 4.32. The molecule has 2 heterocycles. The molecule has 0 amide bonds. The third-order valence-electron chi connectivity index (χ3n) is 2.84. The lowest BCUT2D eigenvalue weighted by Crippen LogP contribution is -2.23. The van der Waals surface area contributed by atoms with Crippen molar-refractivity contribution in [2.45, 2.75) is 19.8 Å². The van der Waals surface area contributed by atoms with Gasteiger partial charge in [0.05, 0.1) is 11.3 Å². The van der Waals surface area contributed by atoms with Crippen LogP contribution in [-0.2, 0) is 0 Å². The Hall–Kier alpha value is -1.66. The Morgan fingerprint density at radius 1 is 1.38 bits per heavy atom. The van der Waals surface area contributed by atoms with Crippen LogP contribution in [0.15, 0.2) is 23.9 Å². The molecule has 1 aromatic heterocycles. The molecule has 1 fully saturated rings. The SMILES string of the molecule is Cc1ccc(C(C#N)=C2CCNCC2)nc1. The average molecular weight is 213 g/mol. The van der Waals surface area contributed by atoms with E-state index in [4.69, 9.17) is 0 Å². The van der Waals surface area contributed by atoms with Crippen molar-refractivity contribution in [3.8, 4) is 6.07 Å². The highest BCUT2D eigenvalue weighted by molar-refractivity contribution is 5.77. The molecule has 1 aliphatic rings. The fraction of sp³-hybridized carbons (Fsp3) is 0.385. The van der Waals surface area contributed by atoms with Gasteiger partial charge in [-0.1, -0.05) is 6.07 Å². The van der Waals surface area contributed by atoms with E-state index in [2.05, 4.69) is 16.4 Å². The van der Waals surface area contributed by atoms with E-state index in [9.17, 15) is 5.26 Å². The zero-order valence-electron chi connectivity index (χ0n) is 9.45. The van der Waals surface area contributed by atoms with Gasteiger partial charge in [-0.3, -0.25) is 4.98 Å². The molecule has 1 aliphatic heterocycles. The molecule has 0 aromatic carbocycles. The van der Waals surface area contributed by atoms with Gasteiger partial charge in [-0.2, -0.15) is 5.26 Å². The van der Waals surface area contributed by atoms with Gasteiger partial charge in [0, 0.05) is 6.20 Å². The summed E-state index contributed by atoms with van der Waals surface area (Å²) in [5.74, 6) is 0. The Bertz CT molecular complexity index is 429. The number of piperidine rings is 1. The molecule has 1 saturated heterocycles. The van der Waals surface area contributed by atoms with Crippen molar-refractivity contribution in [2.24, 2.45) is 0 Å². The first-order valence-corrected chi connectivity index (χ1v) is 5.57. The summed E-state index contributed by atoms with van der Waals surface area (Å²) in [7, 11) is 0. The van der Waals surface area contributed by atoms with Gasteiger partial charge >= 0.3 is 0 Å². The van der Waals surface area contributed by atoms with E-state index < -0.39 is 0 Å². The maximum absolute atomic E-state index is 9.23. The highest BCUT2D eigenvalue weighted by atomic mass is 14.9. The number of aromatic nitrogens is 1. The molecule has 0 radical (unpaired) electrons. The van der Waals surface area contributed by atoms with Crippen molar-refractivity contribution >= 4 is 5.57 Å². The third kappa shape index (κ3) is 2.29. The summed E-state index contributed by atoms with van der Waals surface area (Å²) >= 11 is 0. The fourth-order valence-corrected chi connectivity index (χ4v) is 1.91. The molecule has 82 valence electrons. The van der Waals surface area contributed by atoms with Crippen LogP contribution in [0.4, 0.5) is 0 Å². The molecule has 0 unspecified atom stereocenters. The lowest BCUT2D eigenvalue weighted by Gasteiger charge is -2.16. The number of aryl methyl sites for hydroxylation is 1. The molecule has 0 aliphatic carbocycles. The number of rotatable bonds is 1. The molecular weight excluding hydrogens is 198 g/mol. The first kappa shape index (κ1) is 10.8. The van der Waals surface area contributed by atoms with Crippen molar-refractivity contribution in [1.82, 2.24) is 10.3 Å². The van der Waals surface area contributed by atoms with Crippen LogP contribution >= 0.6 is 0 Å². The normalized spacial score (nSPS) is 15.6. The molecule has 2 rings (SSSR count). The Morgan fingerprint density at radius 3 is 2.69 bits per heavy atom. The second kappa shape index (κ2) is 4.91. The number of hydrogen-bond acceptors (Lipinski definition) is 3. The third-order valence-corrected chi connectivity index (χ3v) is 2.84. The van der Waals surface area contributed by atoms with Crippen LogP contribution in [-0.4, -0.2) is 18.1 Å². The summed E-state index contributed by atoms with van der Waals surface area (Å²) in [5.41, 5.74) is 3.93. The van der Waals surface area contributed by atoms with E-state index in [0.29, 0.717) is 0 Å². The quantitative estimate of drug-likeness (QED) is 0.726. The molecular formula is C13H15N3. The maximum atomic E-state index is 9.23. The van der Waals surface area contributed by atoms with Gasteiger partial charge in [-0.25, -0.2) is 0 Å². The van der Waals surface area contributed by atoms with E-state index in [0.717, 1.165) is 42.8 Å². The monoisotopic (exact) mass is 213 g/mol. The molecule has 0 saturated carbocycles. The van der Waals surface area contributed by atoms with Crippen molar-refractivity contribution in [3.05, 3.63) is 35.2 Å². The summed E-state index contributed by atoms with van der Waals surface area (Å²) in [5, 5.41) is 12.5. The number of hydrogen-bond donors (Lipinski definition) is 1. The topological polar surface area (TPSA) is 48.7 Å². The summed E-state index contributed by atoms with van der Waals surface area (Å²) in [6, 6.07) is 6.23. The van der Waals surface area contributed by atoms with Crippen LogP contribution in [0.2, 0.25) is 0 Å². The molecule has 1 N–H and O–H groups in total. The Labute approximate surface area is 95.8 Å². The Morgan fingerprint density at radius 2 is 2.12 bits per heavy atom. The van der Waals surface area contributed by atoms with E-state index in [1.54, 1.807) is 0 Å². The largest absolute Gasteiger partial charge is 0.316 e. The highest BCUT2D eigenvalue weighted by Crippen LogP contribution is 2.22. The number of nitrogens with one attached hydrogen (secondary N) is 1. The summed E-state index contributed by atoms with van der Waals surface area (Å²) in [6.45, 7) is 3.93. The van der Waals surface area contributed by atoms with E-state index >= 15 is 0 Å².